The van der Waals surface area contributed by atoms with E-state index in [0.29, 0.717) is 0 Å². The molecule has 6 heteroatoms. The number of rotatable bonds is 10. The van der Waals surface area contributed by atoms with Gasteiger partial charge in [0.15, 0.2) is 0 Å². The quantitative estimate of drug-likeness (QED) is 0.101. The van der Waals surface area contributed by atoms with Crippen molar-refractivity contribution in [3.63, 3.8) is 0 Å². The topological polar surface area (TPSA) is 27.1 Å². The van der Waals surface area contributed by atoms with Crippen molar-refractivity contribution < 1.29 is 21.1 Å². The van der Waals surface area contributed by atoms with Gasteiger partial charge in [-0.25, -0.2) is 4.98 Å². The van der Waals surface area contributed by atoms with Crippen molar-refractivity contribution in [3.05, 3.63) is 285 Å². The van der Waals surface area contributed by atoms with Crippen molar-refractivity contribution in [1.82, 2.24) is 18.7 Å². The van der Waals surface area contributed by atoms with E-state index in [1.807, 2.05) is 18.3 Å². The van der Waals surface area contributed by atoms with Crippen molar-refractivity contribution in [3.8, 4) is 50.3 Å². The zero-order valence-electron chi connectivity index (χ0n) is 41.0. The van der Waals surface area contributed by atoms with Gasteiger partial charge >= 0.3 is 32.8 Å². The molecule has 0 spiro atoms. The minimum absolute atomic E-state index is 0. The van der Waals surface area contributed by atoms with Crippen LogP contribution >= 0.6 is 0 Å². The number of aromatic nitrogens is 2. The van der Waals surface area contributed by atoms with E-state index < -0.39 is 0 Å². The molecule has 0 aliphatic carbocycles. The third-order valence-electron chi connectivity index (χ3n) is 14.3. The van der Waals surface area contributed by atoms with E-state index in [0.717, 1.165) is 123 Å². The fourth-order valence-electron chi connectivity index (χ4n) is 11.0. The molecule has 0 bridgehead atoms. The smallest absolute Gasteiger partial charge is 0.357 e. The molecule has 0 saturated carbocycles. The first-order valence-electron chi connectivity index (χ1n) is 25.3. The van der Waals surface area contributed by atoms with E-state index in [4.69, 9.17) is 4.98 Å². The summed E-state index contributed by atoms with van der Waals surface area (Å²) in [5, 5.41) is 4.50. The van der Waals surface area contributed by atoms with Crippen molar-refractivity contribution in [2.45, 2.75) is 0 Å². The second-order valence-electron chi connectivity index (χ2n) is 18.7. The Bertz CT molecular complexity index is 4260. The summed E-state index contributed by atoms with van der Waals surface area (Å²) in [6, 6.07) is 107. The molecule has 1 aliphatic rings. The van der Waals surface area contributed by atoms with Crippen LogP contribution in [0.3, 0.4) is 0 Å². The SMILES string of the molecule is C1=[N+](c2[c-]c(N(c3[c-]c4c(cc3)c3ccccc3n4-c3ccccn3)c3c(-c4ccccc4)cccc3-c3ccccc3)ccc2)c2ccc3ccccc3c2[N+]=1c1c(-c2ccccc2)cccc1-c1ccccc1.[Pt+2]. The Kier molecular flexibility index (Phi) is 12.0. The maximum absolute atomic E-state index is 4.89. The van der Waals surface area contributed by atoms with Gasteiger partial charge in [-0.3, -0.25) is 0 Å². The van der Waals surface area contributed by atoms with Crippen LogP contribution in [0.2, 0.25) is 0 Å². The Morgan fingerprint density at radius 3 is 1.57 bits per heavy atom. The summed E-state index contributed by atoms with van der Waals surface area (Å²) in [5.41, 5.74) is 17.4. The zero-order chi connectivity index (χ0) is 49.7. The largest absolute Gasteiger partial charge is 2.00 e. The second-order valence-corrected chi connectivity index (χ2v) is 18.7. The van der Waals surface area contributed by atoms with E-state index in [1.54, 1.807) is 0 Å². The Hall–Kier alpha value is -9.50. The van der Waals surface area contributed by atoms with Gasteiger partial charge in [-0.2, -0.15) is 12.1 Å². The molecular weight excluding hydrogens is 1110 g/mol. The molecule has 0 radical (unpaired) electrons. The van der Waals surface area contributed by atoms with Crippen LogP contribution in [0.4, 0.5) is 39.8 Å². The molecule has 0 saturated heterocycles. The van der Waals surface area contributed by atoms with Crippen molar-refractivity contribution >= 4 is 78.4 Å². The van der Waals surface area contributed by atoms with E-state index in [-0.39, 0.29) is 21.1 Å². The van der Waals surface area contributed by atoms with Crippen LogP contribution < -0.4 is 14.1 Å². The molecule has 14 rings (SSSR count). The summed E-state index contributed by atoms with van der Waals surface area (Å²) in [6.45, 7) is 0. The summed E-state index contributed by atoms with van der Waals surface area (Å²) in [5.74, 6) is 0.826. The van der Waals surface area contributed by atoms with Gasteiger partial charge in [0.25, 0.3) is 5.69 Å². The first-order valence-corrected chi connectivity index (χ1v) is 25.3. The van der Waals surface area contributed by atoms with Gasteiger partial charge in [-0.15, -0.1) is 23.6 Å². The van der Waals surface area contributed by atoms with Crippen molar-refractivity contribution in [1.29, 1.82) is 0 Å². The number of hydrogen-bond donors (Lipinski definition) is 0. The van der Waals surface area contributed by atoms with Crippen LogP contribution in [0.25, 0.3) is 82.9 Å². The maximum atomic E-state index is 4.89. The molecule has 76 heavy (non-hydrogen) atoms. The maximum Gasteiger partial charge on any atom is 2.00 e. The van der Waals surface area contributed by atoms with E-state index in [9.17, 15) is 0 Å². The standard InChI is InChI=1S/C70H45N5.Pt/c1-5-22-49(23-6-1)57-35-20-36-58(50-24-7-2-8-25-50)68(57)73-48-72(65-44-41-53-30-13-14-33-61(53)70(65)73)54-31-19-32-55(46-54)74(69-59(51-26-9-3-10-27-51)37-21-38-60(69)52-28-11-4-12-29-52)56-42-43-63-62-34-15-16-39-64(62)75(66(63)47-56)67-40-17-18-45-71-67;/h1-45H;/q;+2. The van der Waals surface area contributed by atoms with Gasteiger partial charge < -0.3 is 9.47 Å². The number of pyridine rings is 1. The molecular formula is C70H45N5Pt+2. The second kappa shape index (κ2) is 19.7. The average molecular weight is 1150 g/mol. The third kappa shape index (κ3) is 7.98. The Labute approximate surface area is 455 Å². The minimum atomic E-state index is 0. The van der Waals surface area contributed by atoms with Gasteiger partial charge in [0.05, 0.1) is 22.2 Å². The van der Waals surface area contributed by atoms with Gasteiger partial charge in [-0.1, -0.05) is 222 Å². The molecule has 0 atom stereocenters. The molecule has 11 aromatic carbocycles. The fourth-order valence-corrected chi connectivity index (χ4v) is 11.0. The third-order valence-corrected chi connectivity index (χ3v) is 14.3. The first-order chi connectivity index (χ1) is 37.2. The molecule has 2 aromatic heterocycles. The summed E-state index contributed by atoms with van der Waals surface area (Å²) < 4.78 is 6.71. The average Bonchev–Trinajstić information content (AvgIpc) is 4.05. The molecule has 0 fully saturated rings. The predicted octanol–water partition coefficient (Wildman–Crippen LogP) is 17.9. The van der Waals surface area contributed by atoms with Gasteiger partial charge in [0, 0.05) is 28.9 Å². The Balaban J connectivity index is 0.00000553. The Morgan fingerprint density at radius 2 is 0.934 bits per heavy atom. The number of para-hydroxylation sites is 3. The van der Waals surface area contributed by atoms with Gasteiger partial charge in [-0.05, 0) is 80.1 Å². The summed E-state index contributed by atoms with van der Waals surface area (Å²) in [6.07, 6.45) is 1.85. The predicted molar refractivity (Wildman–Crippen MR) is 311 cm³/mol. The van der Waals surface area contributed by atoms with Gasteiger partial charge in [0.2, 0.25) is 5.69 Å². The minimum Gasteiger partial charge on any atom is -0.357 e. The fraction of sp³-hybridized carbons (Fsp3) is 0. The van der Waals surface area contributed by atoms with E-state index in [1.165, 1.54) is 0 Å². The zero-order valence-corrected chi connectivity index (χ0v) is 43.3. The van der Waals surface area contributed by atoms with Crippen LogP contribution in [0.15, 0.2) is 273 Å². The number of anilines is 3. The van der Waals surface area contributed by atoms with Crippen molar-refractivity contribution in [2.75, 3.05) is 4.90 Å². The number of hydrogen-bond acceptors (Lipinski definition) is 2. The van der Waals surface area contributed by atoms with Gasteiger partial charge in [0.1, 0.15) is 11.5 Å². The van der Waals surface area contributed by atoms with Crippen LogP contribution in [0, 0.1) is 12.1 Å². The number of nitrogens with zero attached hydrogens (tertiary/aromatic N) is 5. The van der Waals surface area contributed by atoms with Crippen LogP contribution in [0.1, 0.15) is 0 Å². The molecule has 0 amide bonds. The van der Waals surface area contributed by atoms with Crippen LogP contribution in [-0.4, -0.2) is 15.6 Å². The number of benzene rings is 11. The molecule has 358 valence electrons. The van der Waals surface area contributed by atoms with Crippen molar-refractivity contribution in [2.24, 2.45) is 0 Å². The first kappa shape index (κ1) is 46.3. The van der Waals surface area contributed by atoms with Crippen LogP contribution in [-0.2, 0) is 21.1 Å². The summed E-state index contributed by atoms with van der Waals surface area (Å²) >= 11 is 0. The molecule has 0 N–H and O–H groups in total. The van der Waals surface area contributed by atoms with E-state index >= 15 is 0 Å². The molecule has 3 heterocycles. The van der Waals surface area contributed by atoms with E-state index in [2.05, 4.69) is 292 Å². The monoisotopic (exact) mass is 1150 g/mol. The van der Waals surface area contributed by atoms with Crippen LogP contribution in [0.5, 0.6) is 0 Å². The normalized spacial score (nSPS) is 11.8. The summed E-state index contributed by atoms with van der Waals surface area (Å²) in [4.78, 5) is 7.24. The molecule has 1 aliphatic heterocycles. The molecule has 5 nitrogen and oxygen atoms in total. The summed E-state index contributed by atoms with van der Waals surface area (Å²) in [7, 11) is 0. The Morgan fingerprint density at radius 1 is 0.395 bits per heavy atom. The number of fused-ring (bicyclic) bond motifs is 6. The molecule has 13 aromatic rings. The molecule has 0 unspecified atom stereocenters.